The minimum atomic E-state index is 0.112. The molecule has 0 aliphatic carbocycles. The molecule has 0 fully saturated rings. The first kappa shape index (κ1) is 26.8. The van der Waals surface area contributed by atoms with Crippen molar-refractivity contribution in [3.05, 3.63) is 143 Å². The summed E-state index contributed by atoms with van der Waals surface area (Å²) in [5, 5.41) is 12.1. The van der Waals surface area contributed by atoms with E-state index in [1.165, 1.54) is 46.6 Å². The molecule has 0 bridgehead atoms. The van der Waals surface area contributed by atoms with Gasteiger partial charge in [-0.1, -0.05) is 128 Å². The van der Waals surface area contributed by atoms with Crippen LogP contribution in [0, 0.1) is 0 Å². The smallest absolute Gasteiger partial charge is 0.195 e. The molecule has 0 radical (unpaired) electrons. The maximum absolute atomic E-state index is 15.2. The summed E-state index contributed by atoms with van der Waals surface area (Å²) in [6.45, 7) is 6.16. The Bertz CT molecular complexity index is 3010. The van der Waals surface area contributed by atoms with Crippen LogP contribution in [0.2, 0.25) is 0 Å². The Hall–Kier alpha value is -5.35. The molecule has 0 unspecified atom stereocenters. The van der Waals surface area contributed by atoms with Gasteiger partial charge in [0.05, 0.1) is 0 Å². The molecule has 0 saturated carbocycles. The maximum Gasteiger partial charge on any atom is 0.195 e. The van der Waals surface area contributed by atoms with Gasteiger partial charge < -0.3 is 0 Å². The van der Waals surface area contributed by atoms with Gasteiger partial charge in [0.25, 0.3) is 0 Å². The average molecular weight is 635 g/mol. The fourth-order valence-electron chi connectivity index (χ4n) is 7.99. The zero-order chi connectivity index (χ0) is 31.4. The van der Waals surface area contributed by atoms with Gasteiger partial charge in [-0.2, -0.15) is 0 Å². The lowest BCUT2D eigenvalue weighted by Gasteiger charge is -2.13. The van der Waals surface area contributed by atoms with Crippen LogP contribution in [0.4, 0.5) is 0 Å². The first-order valence-corrected chi connectivity index (χ1v) is 17.5. The van der Waals surface area contributed by atoms with Gasteiger partial charge >= 0.3 is 0 Å². The molecule has 8 aromatic carbocycles. The Morgan fingerprint density at radius 1 is 0.511 bits per heavy atom. The van der Waals surface area contributed by atoms with Gasteiger partial charge in [-0.15, -0.1) is 22.7 Å². The first-order valence-electron chi connectivity index (χ1n) is 15.9. The largest absolute Gasteiger partial charge is 0.289 e. The highest BCUT2D eigenvalue weighted by Gasteiger charge is 2.26. The highest BCUT2D eigenvalue weighted by atomic mass is 32.1. The number of thiophene rings is 2. The van der Waals surface area contributed by atoms with Crippen molar-refractivity contribution < 1.29 is 0 Å². The Labute approximate surface area is 278 Å². The summed E-state index contributed by atoms with van der Waals surface area (Å²) in [5.41, 5.74) is 5.52. The maximum atomic E-state index is 15.2. The third kappa shape index (κ3) is 3.50. The highest BCUT2D eigenvalue weighted by molar-refractivity contribution is 7.26. The summed E-state index contributed by atoms with van der Waals surface area (Å²) in [6, 6.07) is 39.1. The van der Waals surface area contributed by atoms with Crippen LogP contribution < -0.4 is 5.43 Å². The molecule has 2 aromatic heterocycles. The van der Waals surface area contributed by atoms with Gasteiger partial charge in [0, 0.05) is 67.8 Å². The monoisotopic (exact) mass is 634 g/mol. The van der Waals surface area contributed by atoms with E-state index in [0.717, 1.165) is 59.4 Å². The second-order valence-corrected chi connectivity index (χ2v) is 14.3. The predicted molar refractivity (Wildman–Crippen MR) is 209 cm³/mol. The van der Waals surface area contributed by atoms with E-state index in [1.54, 1.807) is 11.3 Å². The molecule has 0 amide bonds. The molecule has 0 spiro atoms. The molecule has 47 heavy (non-hydrogen) atoms. The third-order valence-electron chi connectivity index (χ3n) is 9.91. The minimum absolute atomic E-state index is 0.112. The van der Waals surface area contributed by atoms with Crippen molar-refractivity contribution in [3.63, 3.8) is 0 Å². The molecular weight excluding hydrogens is 609 g/mol. The topological polar surface area (TPSA) is 17.1 Å². The van der Waals surface area contributed by atoms with Crippen molar-refractivity contribution in [2.75, 3.05) is 0 Å². The Morgan fingerprint density at radius 3 is 1.68 bits per heavy atom. The van der Waals surface area contributed by atoms with Gasteiger partial charge in [-0.3, -0.25) is 4.79 Å². The van der Waals surface area contributed by atoms with Gasteiger partial charge in [0.2, 0.25) is 0 Å². The zero-order valence-electron chi connectivity index (χ0n) is 25.6. The zero-order valence-corrected chi connectivity index (χ0v) is 27.2. The fourth-order valence-corrected chi connectivity index (χ4v) is 10.4. The van der Waals surface area contributed by atoms with Gasteiger partial charge in [0.15, 0.2) is 5.43 Å². The normalized spacial score (nSPS) is 12.4. The summed E-state index contributed by atoms with van der Waals surface area (Å²) in [4.78, 5) is 16.4. The van der Waals surface area contributed by atoms with Gasteiger partial charge in [-0.25, -0.2) is 0 Å². The minimum Gasteiger partial charge on any atom is -0.289 e. The Morgan fingerprint density at radius 2 is 1.06 bits per heavy atom. The molecule has 0 saturated heterocycles. The van der Waals surface area contributed by atoms with E-state index in [4.69, 9.17) is 0 Å². The van der Waals surface area contributed by atoms with Crippen LogP contribution in [-0.4, -0.2) is 0 Å². The SMILES string of the molecule is C=Cc1sc2c(-c3ccc4c5ccccc5c5ccc(-c6cccc7c6sc6ccccc67)c6c(=O)c3c4c65)cccc2c1/C=C\C. The van der Waals surface area contributed by atoms with Crippen LogP contribution in [0.15, 0.2) is 127 Å². The quantitative estimate of drug-likeness (QED) is 0.176. The number of allylic oxidation sites excluding steroid dienone is 1. The van der Waals surface area contributed by atoms with Crippen LogP contribution in [0.3, 0.4) is 0 Å². The number of rotatable bonds is 4. The van der Waals surface area contributed by atoms with Crippen LogP contribution >= 0.6 is 22.7 Å². The van der Waals surface area contributed by atoms with E-state index in [9.17, 15) is 0 Å². The molecule has 220 valence electrons. The molecule has 0 aliphatic heterocycles. The highest BCUT2D eigenvalue weighted by Crippen LogP contribution is 2.49. The molecule has 0 atom stereocenters. The average Bonchev–Trinajstić information content (AvgIpc) is 3.78. The van der Waals surface area contributed by atoms with E-state index in [1.807, 2.05) is 24.3 Å². The second kappa shape index (κ2) is 9.83. The van der Waals surface area contributed by atoms with Crippen LogP contribution in [0.5, 0.6) is 0 Å². The van der Waals surface area contributed by atoms with Crippen molar-refractivity contribution in [1.29, 1.82) is 0 Å². The molecule has 0 N–H and O–H groups in total. The number of fused-ring (bicyclic) bond motifs is 7. The Balaban J connectivity index is 1.39. The molecular formula is C44H26OS2. The second-order valence-electron chi connectivity index (χ2n) is 12.2. The first-order chi connectivity index (χ1) is 23.2. The van der Waals surface area contributed by atoms with E-state index >= 15 is 4.79 Å². The number of hydrogen-bond donors (Lipinski definition) is 0. The van der Waals surface area contributed by atoms with Crippen LogP contribution in [-0.2, 0) is 0 Å². The third-order valence-corrected chi connectivity index (χ3v) is 12.4. The number of hydrogen-bond acceptors (Lipinski definition) is 3. The van der Waals surface area contributed by atoms with E-state index in [0.29, 0.717) is 0 Å². The van der Waals surface area contributed by atoms with E-state index in [-0.39, 0.29) is 5.43 Å². The van der Waals surface area contributed by atoms with Crippen LogP contribution in [0.25, 0.3) is 108 Å². The summed E-state index contributed by atoms with van der Waals surface area (Å²) < 4.78 is 3.67. The summed E-state index contributed by atoms with van der Waals surface area (Å²) in [6.07, 6.45) is 6.19. The predicted octanol–water partition coefficient (Wildman–Crippen LogP) is 13.1. The summed E-state index contributed by atoms with van der Waals surface area (Å²) >= 11 is 3.56. The molecule has 10 rings (SSSR count). The van der Waals surface area contributed by atoms with Crippen molar-refractivity contribution >= 4 is 108 Å². The fraction of sp³-hybridized carbons (Fsp3) is 0.0227. The lowest BCUT2D eigenvalue weighted by atomic mass is 9.90. The lowest BCUT2D eigenvalue weighted by Crippen LogP contribution is -1.98. The molecule has 10 aromatic rings. The van der Waals surface area contributed by atoms with E-state index in [2.05, 4.69) is 128 Å². The van der Waals surface area contributed by atoms with Crippen LogP contribution in [0.1, 0.15) is 17.4 Å². The van der Waals surface area contributed by atoms with Crippen molar-refractivity contribution in [2.45, 2.75) is 6.92 Å². The summed E-state index contributed by atoms with van der Waals surface area (Å²) in [5.74, 6) is 0. The Kier molecular flexibility index (Phi) is 5.61. The van der Waals surface area contributed by atoms with Crippen molar-refractivity contribution in [1.82, 2.24) is 0 Å². The molecule has 2 heterocycles. The van der Waals surface area contributed by atoms with Gasteiger partial charge in [0.1, 0.15) is 0 Å². The molecule has 1 nitrogen and oxygen atoms in total. The van der Waals surface area contributed by atoms with E-state index < -0.39 is 0 Å². The summed E-state index contributed by atoms with van der Waals surface area (Å²) in [7, 11) is 0. The van der Waals surface area contributed by atoms with Crippen molar-refractivity contribution in [2.24, 2.45) is 0 Å². The molecule has 0 aliphatic rings. The van der Waals surface area contributed by atoms with Gasteiger partial charge in [-0.05, 0) is 51.2 Å². The van der Waals surface area contributed by atoms with Crippen molar-refractivity contribution in [3.8, 4) is 22.3 Å². The molecule has 3 heteroatoms. The lowest BCUT2D eigenvalue weighted by molar-refractivity contribution is 1.73. The number of benzene rings is 7. The standard InChI is InChI=1S/C44H26OS2/c1-3-11-26-32-15-9-17-34(43(32)46-36(26)4-2)30-22-20-28-24-12-5-6-13-25(24)29-21-23-31(41-39(29)38(28)40(30)42(41)45)35-18-10-16-33-27-14-7-8-19-37(27)47-44(33)35/h3-23H,2H2,1H3/b11-3-.